The van der Waals surface area contributed by atoms with Crippen LogP contribution < -0.4 is 5.73 Å². The molecule has 0 aromatic heterocycles. The van der Waals surface area contributed by atoms with Crippen LogP contribution in [-0.2, 0) is 32.7 Å². The van der Waals surface area contributed by atoms with E-state index in [2.05, 4.69) is 38.2 Å². The zero-order valence-electron chi connectivity index (χ0n) is 32.8. The van der Waals surface area contributed by atoms with E-state index in [-0.39, 0.29) is 32.6 Å². The van der Waals surface area contributed by atoms with Crippen molar-refractivity contribution in [2.24, 2.45) is 5.73 Å². The molecule has 0 aromatic carbocycles. The minimum atomic E-state index is -4.37. The summed E-state index contributed by atoms with van der Waals surface area (Å²) >= 11 is 0. The second-order valence-electron chi connectivity index (χ2n) is 13.8. The number of phosphoric acid groups is 1. The van der Waals surface area contributed by atoms with Crippen molar-refractivity contribution < 1.29 is 37.6 Å². The Morgan fingerprint density at radius 3 is 1.39 bits per heavy atom. The number of unbranched alkanes of at least 4 members (excludes halogenated alkanes) is 22. The van der Waals surface area contributed by atoms with Gasteiger partial charge in [-0.2, -0.15) is 0 Å². The molecular weight excluding hydrogens is 665 g/mol. The summed E-state index contributed by atoms with van der Waals surface area (Å²) in [5.74, 6) is -0.845. The zero-order chi connectivity index (χ0) is 37.5. The van der Waals surface area contributed by atoms with E-state index in [1.165, 1.54) is 89.9 Å². The van der Waals surface area contributed by atoms with Crippen molar-refractivity contribution in [2.45, 2.75) is 200 Å². The van der Waals surface area contributed by atoms with Crippen LogP contribution >= 0.6 is 7.82 Å². The predicted molar refractivity (Wildman–Crippen MR) is 211 cm³/mol. The SMILES string of the molecule is CCCCCCC/C=C\CCCCCCCC(=O)OCC(COP(=O)(O)OCCN)OC(=O)CCCCCCC/C=C\CCCCCCCCC. The molecule has 0 rings (SSSR count). The van der Waals surface area contributed by atoms with E-state index in [4.69, 9.17) is 24.3 Å². The van der Waals surface area contributed by atoms with Crippen LogP contribution in [0.2, 0.25) is 0 Å². The third-order valence-electron chi connectivity index (χ3n) is 8.81. The highest BCUT2D eigenvalue weighted by molar-refractivity contribution is 7.47. The molecule has 10 heteroatoms. The summed E-state index contributed by atoms with van der Waals surface area (Å²) in [5, 5.41) is 0. The van der Waals surface area contributed by atoms with Crippen LogP contribution in [0.15, 0.2) is 24.3 Å². The molecule has 0 saturated carbocycles. The van der Waals surface area contributed by atoms with Crippen LogP contribution in [0.25, 0.3) is 0 Å². The lowest BCUT2D eigenvalue weighted by molar-refractivity contribution is -0.161. The molecule has 0 saturated heterocycles. The first-order chi connectivity index (χ1) is 24.8. The Kier molecular flexibility index (Phi) is 37.1. The summed E-state index contributed by atoms with van der Waals surface area (Å²) in [7, 11) is -4.37. The fraction of sp³-hybridized carbons (Fsp3) is 0.854. The van der Waals surface area contributed by atoms with E-state index in [1.54, 1.807) is 0 Å². The van der Waals surface area contributed by atoms with Crippen LogP contribution in [0.1, 0.15) is 194 Å². The Balaban J connectivity index is 4.20. The second-order valence-corrected chi connectivity index (χ2v) is 15.3. The fourth-order valence-corrected chi connectivity index (χ4v) is 6.45. The molecule has 0 aromatic rings. The minimum Gasteiger partial charge on any atom is -0.462 e. The number of carbonyl (C=O) groups is 2. The number of esters is 2. The first-order valence-electron chi connectivity index (χ1n) is 20.8. The van der Waals surface area contributed by atoms with Gasteiger partial charge in [0.15, 0.2) is 6.10 Å². The molecule has 9 nitrogen and oxygen atoms in total. The Bertz CT molecular complexity index is 897. The lowest BCUT2D eigenvalue weighted by Gasteiger charge is -2.19. The summed E-state index contributed by atoms with van der Waals surface area (Å²) < 4.78 is 32.7. The van der Waals surface area contributed by atoms with Crippen LogP contribution in [0, 0.1) is 0 Å². The number of rotatable bonds is 39. The van der Waals surface area contributed by atoms with Gasteiger partial charge in [-0.15, -0.1) is 0 Å². The topological polar surface area (TPSA) is 134 Å². The molecule has 0 heterocycles. The summed E-state index contributed by atoms with van der Waals surface area (Å²) in [6.45, 7) is 3.71. The van der Waals surface area contributed by atoms with Crippen molar-refractivity contribution in [1.82, 2.24) is 0 Å². The normalized spacial score (nSPS) is 13.6. The quantitative estimate of drug-likeness (QED) is 0.0273. The fourth-order valence-electron chi connectivity index (χ4n) is 5.68. The lowest BCUT2D eigenvalue weighted by Crippen LogP contribution is -2.29. The Hall–Kier alpha value is -1.51. The average Bonchev–Trinajstić information content (AvgIpc) is 3.11. The van der Waals surface area contributed by atoms with Gasteiger partial charge in [0.05, 0.1) is 13.2 Å². The van der Waals surface area contributed by atoms with E-state index in [0.717, 1.165) is 70.6 Å². The molecule has 0 fully saturated rings. The van der Waals surface area contributed by atoms with Crippen molar-refractivity contribution in [3.63, 3.8) is 0 Å². The molecule has 0 aliphatic carbocycles. The number of allylic oxidation sites excluding steroid dienone is 4. The average molecular weight is 744 g/mol. The van der Waals surface area contributed by atoms with Crippen LogP contribution in [0.5, 0.6) is 0 Å². The molecule has 0 aliphatic heterocycles. The number of phosphoric ester groups is 1. The summed E-state index contributed by atoms with van der Waals surface area (Å²) in [6, 6.07) is 0. The van der Waals surface area contributed by atoms with Gasteiger partial charge in [0.2, 0.25) is 0 Å². The standard InChI is InChI=1S/C41H78NO8P/c1-3-5-7-9-11-13-15-17-19-20-22-24-26-28-30-32-34-41(44)50-39(38-49-51(45,46)48-36-35-42)37-47-40(43)33-31-29-27-25-23-21-18-16-14-12-10-8-6-4-2/h16,18-20,39H,3-15,17,21-38,42H2,1-2H3,(H,45,46)/b18-16-,20-19-. The molecule has 3 N–H and O–H groups in total. The maximum atomic E-state index is 12.6. The number of nitrogens with two attached hydrogens (primary N) is 1. The zero-order valence-corrected chi connectivity index (χ0v) is 33.7. The van der Waals surface area contributed by atoms with Gasteiger partial charge in [-0.25, -0.2) is 4.57 Å². The monoisotopic (exact) mass is 744 g/mol. The number of carbonyl (C=O) groups excluding carboxylic acids is 2. The van der Waals surface area contributed by atoms with Gasteiger partial charge in [-0.1, -0.05) is 141 Å². The van der Waals surface area contributed by atoms with Gasteiger partial charge in [-0.3, -0.25) is 18.6 Å². The van der Waals surface area contributed by atoms with Crippen molar-refractivity contribution in [3.8, 4) is 0 Å². The van der Waals surface area contributed by atoms with Crippen LogP contribution in [-0.4, -0.2) is 49.3 Å². The first-order valence-corrected chi connectivity index (χ1v) is 22.3. The lowest BCUT2D eigenvalue weighted by atomic mass is 10.1. The molecule has 0 aliphatic rings. The van der Waals surface area contributed by atoms with Gasteiger partial charge >= 0.3 is 19.8 Å². The highest BCUT2D eigenvalue weighted by Crippen LogP contribution is 2.43. The van der Waals surface area contributed by atoms with Crippen molar-refractivity contribution in [2.75, 3.05) is 26.4 Å². The van der Waals surface area contributed by atoms with Gasteiger partial charge in [0.1, 0.15) is 6.61 Å². The number of hydrogen-bond donors (Lipinski definition) is 2. The summed E-state index contributed by atoms with van der Waals surface area (Å²) in [4.78, 5) is 34.8. The maximum absolute atomic E-state index is 12.6. The van der Waals surface area contributed by atoms with Gasteiger partial charge in [-0.05, 0) is 64.2 Å². The predicted octanol–water partition coefficient (Wildman–Crippen LogP) is 11.6. The first kappa shape index (κ1) is 49.5. The van der Waals surface area contributed by atoms with Gasteiger partial charge < -0.3 is 20.1 Å². The van der Waals surface area contributed by atoms with Crippen molar-refractivity contribution in [1.29, 1.82) is 0 Å². The molecule has 300 valence electrons. The number of ether oxygens (including phenoxy) is 2. The summed E-state index contributed by atoms with van der Waals surface area (Å²) in [5.41, 5.74) is 5.34. The Labute approximate surface area is 312 Å². The van der Waals surface area contributed by atoms with E-state index >= 15 is 0 Å². The number of hydrogen-bond acceptors (Lipinski definition) is 8. The summed E-state index contributed by atoms with van der Waals surface area (Å²) in [6.07, 6.45) is 39.2. The molecule has 0 radical (unpaired) electrons. The smallest absolute Gasteiger partial charge is 0.462 e. The Morgan fingerprint density at radius 2 is 0.961 bits per heavy atom. The van der Waals surface area contributed by atoms with Crippen LogP contribution in [0.4, 0.5) is 0 Å². The van der Waals surface area contributed by atoms with E-state index in [9.17, 15) is 19.0 Å². The molecule has 0 bridgehead atoms. The van der Waals surface area contributed by atoms with Gasteiger partial charge in [0, 0.05) is 19.4 Å². The molecule has 2 atom stereocenters. The molecule has 0 amide bonds. The van der Waals surface area contributed by atoms with Crippen molar-refractivity contribution >= 4 is 19.8 Å². The van der Waals surface area contributed by atoms with E-state index in [1.807, 2.05) is 0 Å². The third kappa shape index (κ3) is 38.0. The van der Waals surface area contributed by atoms with E-state index < -0.39 is 32.5 Å². The molecule has 51 heavy (non-hydrogen) atoms. The maximum Gasteiger partial charge on any atom is 0.472 e. The molecule has 0 spiro atoms. The molecular formula is C41H78NO8P. The molecule has 2 unspecified atom stereocenters. The Morgan fingerprint density at radius 1 is 0.569 bits per heavy atom. The third-order valence-corrected chi connectivity index (χ3v) is 9.79. The second kappa shape index (κ2) is 38.2. The van der Waals surface area contributed by atoms with Crippen LogP contribution in [0.3, 0.4) is 0 Å². The highest BCUT2D eigenvalue weighted by Gasteiger charge is 2.26. The highest BCUT2D eigenvalue weighted by atomic mass is 31.2. The van der Waals surface area contributed by atoms with E-state index in [0.29, 0.717) is 6.42 Å². The largest absolute Gasteiger partial charge is 0.472 e. The van der Waals surface area contributed by atoms with Crippen molar-refractivity contribution in [3.05, 3.63) is 24.3 Å². The van der Waals surface area contributed by atoms with Gasteiger partial charge in [0.25, 0.3) is 0 Å². The minimum absolute atomic E-state index is 0.0518.